The quantitative estimate of drug-likeness (QED) is 0.523. The van der Waals surface area contributed by atoms with Gasteiger partial charge in [-0.25, -0.2) is 0 Å². The first-order chi connectivity index (χ1) is 5.65. The Morgan fingerprint density at radius 3 is 2.42 bits per heavy atom. The maximum absolute atomic E-state index is 10.7. The Kier molecular flexibility index (Phi) is 5.45. The van der Waals surface area contributed by atoms with Crippen LogP contribution < -0.4 is 5.32 Å². The number of hydrogen-bond acceptors (Lipinski definition) is 3. The summed E-state index contributed by atoms with van der Waals surface area (Å²) in [5, 5.41) is 3.54. The van der Waals surface area contributed by atoms with Crippen LogP contribution in [0.4, 0.5) is 0 Å². The predicted octanol–water partition coefficient (Wildman–Crippen LogP) is 1.42. The summed E-state index contributed by atoms with van der Waals surface area (Å²) in [5.41, 5.74) is 0.775. The summed E-state index contributed by atoms with van der Waals surface area (Å²) in [5.74, 6) is -0.0710. The van der Waals surface area contributed by atoms with Gasteiger partial charge in [-0.3, -0.25) is 9.79 Å². The van der Waals surface area contributed by atoms with Gasteiger partial charge in [0.1, 0.15) is 5.04 Å². The zero-order chi connectivity index (χ0) is 9.56. The number of carbonyl (C=O) groups excluding carboxylic acids is 1. The third-order valence-electron chi connectivity index (χ3n) is 1.23. The normalized spacial score (nSPS) is 13.0. The van der Waals surface area contributed by atoms with E-state index in [-0.39, 0.29) is 5.91 Å². The van der Waals surface area contributed by atoms with Crippen LogP contribution >= 0.6 is 11.8 Å². The summed E-state index contributed by atoms with van der Waals surface area (Å²) in [6.07, 6.45) is 3.76. The monoisotopic (exact) mass is 186 g/mol. The Morgan fingerprint density at radius 2 is 2.17 bits per heavy atom. The third kappa shape index (κ3) is 3.57. The molecule has 0 aromatic rings. The number of rotatable bonds is 2. The molecular formula is C8H14N2OS. The van der Waals surface area contributed by atoms with Crippen molar-refractivity contribution in [1.29, 1.82) is 0 Å². The minimum atomic E-state index is -0.0710. The number of hydrogen-bond donors (Lipinski definition) is 1. The molecule has 0 fully saturated rings. The van der Waals surface area contributed by atoms with E-state index in [1.165, 1.54) is 18.7 Å². The van der Waals surface area contributed by atoms with E-state index in [0.29, 0.717) is 0 Å². The first-order valence-corrected chi connectivity index (χ1v) is 4.83. The standard InChI is InChI=1S/C8H14N2OS/c1-5-7(10-6(2)11)8(9-3)12-4/h5H,1-4H3,(H,10,11)/b7-5+,9-8?. The van der Waals surface area contributed by atoms with Crippen molar-refractivity contribution in [2.45, 2.75) is 13.8 Å². The smallest absolute Gasteiger partial charge is 0.221 e. The van der Waals surface area contributed by atoms with E-state index in [1.807, 2.05) is 19.3 Å². The van der Waals surface area contributed by atoms with Crippen LogP contribution in [-0.4, -0.2) is 24.3 Å². The van der Waals surface area contributed by atoms with Crippen LogP contribution in [0.2, 0.25) is 0 Å². The van der Waals surface area contributed by atoms with Crippen LogP contribution in [0.1, 0.15) is 13.8 Å². The van der Waals surface area contributed by atoms with E-state index in [9.17, 15) is 4.79 Å². The molecule has 0 aromatic heterocycles. The molecule has 0 saturated carbocycles. The number of nitrogens with zero attached hydrogens (tertiary/aromatic N) is 1. The maximum atomic E-state index is 10.7. The highest BCUT2D eigenvalue weighted by molar-refractivity contribution is 8.13. The molecule has 12 heavy (non-hydrogen) atoms. The molecule has 68 valence electrons. The van der Waals surface area contributed by atoms with Gasteiger partial charge in [0.05, 0.1) is 5.70 Å². The zero-order valence-electron chi connectivity index (χ0n) is 7.84. The largest absolute Gasteiger partial charge is 0.324 e. The van der Waals surface area contributed by atoms with Crippen molar-refractivity contribution in [2.75, 3.05) is 13.3 Å². The van der Waals surface area contributed by atoms with Crippen LogP contribution in [0, 0.1) is 0 Å². The number of amides is 1. The molecule has 0 rings (SSSR count). The van der Waals surface area contributed by atoms with Gasteiger partial charge in [0.2, 0.25) is 5.91 Å². The Balaban J connectivity index is 4.46. The third-order valence-corrected chi connectivity index (χ3v) is 2.02. The minimum absolute atomic E-state index is 0.0710. The zero-order valence-corrected chi connectivity index (χ0v) is 8.66. The highest BCUT2D eigenvalue weighted by atomic mass is 32.2. The van der Waals surface area contributed by atoms with Crippen molar-refractivity contribution in [3.8, 4) is 0 Å². The second-order valence-electron chi connectivity index (χ2n) is 2.12. The van der Waals surface area contributed by atoms with Crippen molar-refractivity contribution in [3.05, 3.63) is 11.8 Å². The second kappa shape index (κ2) is 5.83. The SMILES string of the molecule is C/C=C(/NC(C)=O)C(=NC)SC. The lowest BCUT2D eigenvalue weighted by atomic mass is 10.4. The van der Waals surface area contributed by atoms with Gasteiger partial charge in [-0.2, -0.15) is 0 Å². The molecule has 0 bridgehead atoms. The summed E-state index contributed by atoms with van der Waals surface area (Å²) >= 11 is 1.51. The van der Waals surface area contributed by atoms with Gasteiger partial charge < -0.3 is 5.32 Å². The topological polar surface area (TPSA) is 41.5 Å². The predicted molar refractivity (Wildman–Crippen MR) is 54.4 cm³/mol. The molecule has 0 saturated heterocycles. The molecule has 0 spiro atoms. The van der Waals surface area contributed by atoms with Crippen molar-refractivity contribution < 1.29 is 4.79 Å². The molecule has 0 atom stereocenters. The second-order valence-corrected chi connectivity index (χ2v) is 2.91. The van der Waals surface area contributed by atoms with Crippen molar-refractivity contribution in [2.24, 2.45) is 4.99 Å². The van der Waals surface area contributed by atoms with Gasteiger partial charge in [0.15, 0.2) is 0 Å². The van der Waals surface area contributed by atoms with Gasteiger partial charge in [-0.15, -0.1) is 11.8 Å². The lowest BCUT2D eigenvalue weighted by molar-refractivity contribution is -0.118. The highest BCUT2D eigenvalue weighted by Crippen LogP contribution is 2.06. The average Bonchev–Trinajstić information content (AvgIpc) is 2.04. The van der Waals surface area contributed by atoms with Gasteiger partial charge in [0.25, 0.3) is 0 Å². The van der Waals surface area contributed by atoms with E-state index < -0.39 is 0 Å². The van der Waals surface area contributed by atoms with Gasteiger partial charge in [-0.1, -0.05) is 6.08 Å². The lowest BCUT2D eigenvalue weighted by Crippen LogP contribution is -2.23. The Labute approximate surface area is 77.3 Å². The fraction of sp³-hybridized carbons (Fsp3) is 0.500. The van der Waals surface area contributed by atoms with E-state index in [0.717, 1.165) is 10.7 Å². The molecule has 1 amide bonds. The molecule has 0 radical (unpaired) electrons. The summed E-state index contributed by atoms with van der Waals surface area (Å²) in [4.78, 5) is 14.8. The van der Waals surface area contributed by atoms with Crippen LogP contribution in [-0.2, 0) is 4.79 Å². The van der Waals surface area contributed by atoms with E-state index >= 15 is 0 Å². The van der Waals surface area contributed by atoms with E-state index in [4.69, 9.17) is 0 Å². The van der Waals surface area contributed by atoms with Crippen LogP contribution in [0.25, 0.3) is 0 Å². The fourth-order valence-electron chi connectivity index (χ4n) is 0.760. The lowest BCUT2D eigenvalue weighted by Gasteiger charge is -2.07. The fourth-order valence-corrected chi connectivity index (χ4v) is 1.33. The molecular weight excluding hydrogens is 172 g/mol. The van der Waals surface area contributed by atoms with Crippen LogP contribution in [0.15, 0.2) is 16.8 Å². The molecule has 3 nitrogen and oxygen atoms in total. The van der Waals surface area contributed by atoms with Gasteiger partial charge in [-0.05, 0) is 13.2 Å². The van der Waals surface area contributed by atoms with Crippen molar-refractivity contribution in [3.63, 3.8) is 0 Å². The minimum Gasteiger partial charge on any atom is -0.324 e. The number of nitrogens with one attached hydrogen (secondary N) is 1. The van der Waals surface area contributed by atoms with Crippen molar-refractivity contribution in [1.82, 2.24) is 5.32 Å². The first-order valence-electron chi connectivity index (χ1n) is 3.60. The van der Waals surface area contributed by atoms with E-state index in [1.54, 1.807) is 7.05 Å². The summed E-state index contributed by atoms with van der Waals surface area (Å²) < 4.78 is 0. The molecule has 4 heteroatoms. The molecule has 0 aliphatic heterocycles. The van der Waals surface area contributed by atoms with Gasteiger partial charge >= 0.3 is 0 Å². The first kappa shape index (κ1) is 11.2. The van der Waals surface area contributed by atoms with Crippen LogP contribution in [0.5, 0.6) is 0 Å². The Morgan fingerprint density at radius 1 is 1.58 bits per heavy atom. The molecule has 0 aromatic carbocycles. The molecule has 0 unspecified atom stereocenters. The maximum Gasteiger partial charge on any atom is 0.221 e. The molecule has 0 heterocycles. The summed E-state index contributed by atoms with van der Waals surface area (Å²) in [7, 11) is 1.71. The highest BCUT2D eigenvalue weighted by Gasteiger charge is 2.04. The Hall–Kier alpha value is -0.770. The number of thioether (sulfide) groups is 1. The molecule has 1 N–H and O–H groups in total. The number of aliphatic imine (C=N–C) groups is 1. The van der Waals surface area contributed by atoms with Crippen molar-refractivity contribution >= 4 is 22.7 Å². The van der Waals surface area contributed by atoms with E-state index in [2.05, 4.69) is 10.3 Å². The summed E-state index contributed by atoms with van der Waals surface area (Å²) in [6, 6.07) is 0. The summed E-state index contributed by atoms with van der Waals surface area (Å²) in [6.45, 7) is 3.35. The molecule has 0 aliphatic rings. The van der Waals surface area contributed by atoms with Crippen LogP contribution in [0.3, 0.4) is 0 Å². The van der Waals surface area contributed by atoms with Gasteiger partial charge in [0, 0.05) is 14.0 Å². The number of allylic oxidation sites excluding steroid dienone is 1. The number of carbonyl (C=O) groups is 1. The average molecular weight is 186 g/mol. The Bertz CT molecular complexity index is 221. The molecule has 0 aliphatic carbocycles.